The monoisotopic (exact) mass is 415 g/mol. The van der Waals surface area contributed by atoms with E-state index >= 15 is 0 Å². The molecular formula is C16H12ClF6NO3. The predicted octanol–water partition coefficient (Wildman–Crippen LogP) is 5.24. The summed E-state index contributed by atoms with van der Waals surface area (Å²) in [5, 5.41) is 6.77. The predicted molar refractivity (Wildman–Crippen MR) is 84.6 cm³/mol. The molecule has 0 aliphatic rings. The Morgan fingerprint density at radius 1 is 1.00 bits per heavy atom. The van der Waals surface area contributed by atoms with E-state index in [2.05, 4.69) is 0 Å². The van der Waals surface area contributed by atoms with Gasteiger partial charge in [-0.3, -0.25) is 0 Å². The number of ether oxygens (including phenoxy) is 1. The molecule has 2 aromatic rings. The highest BCUT2D eigenvalue weighted by molar-refractivity contribution is 6.31. The molecule has 11 heteroatoms. The van der Waals surface area contributed by atoms with Gasteiger partial charge in [-0.2, -0.15) is 26.3 Å². The van der Waals surface area contributed by atoms with Crippen LogP contribution in [0.25, 0.3) is 0 Å². The SMILES string of the molecule is NCc1ccc(Oc2ccc(Cl)c(C(F)(F)F)c2)cc1.O=C(O)C(F)(F)F. The molecule has 0 spiro atoms. The van der Waals surface area contributed by atoms with Gasteiger partial charge in [-0.1, -0.05) is 23.7 Å². The summed E-state index contributed by atoms with van der Waals surface area (Å²) in [5.74, 6) is -2.26. The third kappa shape index (κ3) is 7.35. The molecule has 0 saturated heterocycles. The van der Waals surface area contributed by atoms with Crippen LogP contribution in [0.2, 0.25) is 5.02 Å². The van der Waals surface area contributed by atoms with Crippen LogP contribution in [0.1, 0.15) is 11.1 Å². The lowest BCUT2D eigenvalue weighted by Crippen LogP contribution is -2.21. The van der Waals surface area contributed by atoms with Crippen molar-refractivity contribution in [2.24, 2.45) is 5.73 Å². The molecule has 0 bridgehead atoms. The fourth-order valence-corrected chi connectivity index (χ4v) is 1.84. The van der Waals surface area contributed by atoms with Crippen molar-refractivity contribution in [1.29, 1.82) is 0 Å². The van der Waals surface area contributed by atoms with Gasteiger partial charge >= 0.3 is 18.3 Å². The largest absolute Gasteiger partial charge is 0.490 e. The van der Waals surface area contributed by atoms with E-state index in [1.807, 2.05) is 0 Å². The van der Waals surface area contributed by atoms with E-state index in [1.54, 1.807) is 24.3 Å². The molecule has 0 unspecified atom stereocenters. The molecule has 2 aromatic carbocycles. The second kappa shape index (κ2) is 8.96. The van der Waals surface area contributed by atoms with Crippen molar-refractivity contribution in [2.75, 3.05) is 0 Å². The standard InChI is InChI=1S/C14H11ClF3NO.C2HF3O2/c15-13-6-5-11(7-12(13)14(16,17)18)20-10-3-1-9(8-19)2-4-10;3-2(4,5)1(6)7/h1-7H,8,19H2;(H,6,7). The zero-order valence-corrected chi connectivity index (χ0v) is 14.0. The first-order valence-electron chi connectivity index (χ1n) is 6.98. The van der Waals surface area contributed by atoms with E-state index in [4.69, 9.17) is 32.0 Å². The highest BCUT2D eigenvalue weighted by Crippen LogP contribution is 2.37. The van der Waals surface area contributed by atoms with Crippen molar-refractivity contribution < 1.29 is 41.0 Å². The second-order valence-electron chi connectivity index (χ2n) is 4.89. The molecule has 0 saturated carbocycles. The fourth-order valence-electron chi connectivity index (χ4n) is 1.61. The molecule has 0 aliphatic carbocycles. The van der Waals surface area contributed by atoms with E-state index in [1.165, 1.54) is 6.07 Å². The number of rotatable bonds is 3. The summed E-state index contributed by atoms with van der Waals surface area (Å²) in [4.78, 5) is 8.90. The van der Waals surface area contributed by atoms with Gasteiger partial charge in [-0.05, 0) is 35.9 Å². The Morgan fingerprint density at radius 2 is 1.48 bits per heavy atom. The number of carboxylic acids is 1. The van der Waals surface area contributed by atoms with Gasteiger partial charge in [0, 0.05) is 6.54 Å². The molecule has 0 aromatic heterocycles. The average Bonchev–Trinajstić information content (AvgIpc) is 2.56. The highest BCUT2D eigenvalue weighted by atomic mass is 35.5. The van der Waals surface area contributed by atoms with Crippen molar-refractivity contribution >= 4 is 17.6 Å². The third-order valence-electron chi connectivity index (χ3n) is 2.88. The van der Waals surface area contributed by atoms with Crippen molar-refractivity contribution in [2.45, 2.75) is 18.9 Å². The third-order valence-corrected chi connectivity index (χ3v) is 3.21. The molecule has 0 atom stereocenters. The number of carbonyl (C=O) groups is 1. The van der Waals surface area contributed by atoms with Gasteiger partial charge in [0.15, 0.2) is 0 Å². The Labute approximate surface area is 154 Å². The molecule has 148 valence electrons. The normalized spacial score (nSPS) is 11.4. The van der Waals surface area contributed by atoms with Crippen LogP contribution < -0.4 is 10.5 Å². The summed E-state index contributed by atoms with van der Waals surface area (Å²) in [7, 11) is 0. The van der Waals surface area contributed by atoms with Gasteiger partial charge in [0.1, 0.15) is 11.5 Å². The number of carboxylic acid groups (broad SMARTS) is 1. The first kappa shape index (κ1) is 22.6. The Hall–Kier alpha value is -2.46. The smallest absolute Gasteiger partial charge is 0.475 e. The Morgan fingerprint density at radius 3 is 1.89 bits per heavy atom. The van der Waals surface area contributed by atoms with E-state index in [0.29, 0.717) is 12.3 Å². The van der Waals surface area contributed by atoms with Crippen LogP contribution in [0.3, 0.4) is 0 Å². The minimum absolute atomic E-state index is 0.0715. The lowest BCUT2D eigenvalue weighted by molar-refractivity contribution is -0.192. The lowest BCUT2D eigenvalue weighted by Gasteiger charge is -2.12. The van der Waals surface area contributed by atoms with Crippen LogP contribution in [0.5, 0.6) is 11.5 Å². The van der Waals surface area contributed by atoms with Gasteiger partial charge in [-0.25, -0.2) is 4.79 Å². The number of benzene rings is 2. The Kier molecular flexibility index (Phi) is 7.49. The minimum Gasteiger partial charge on any atom is -0.475 e. The molecular weight excluding hydrogens is 404 g/mol. The quantitative estimate of drug-likeness (QED) is 0.672. The van der Waals surface area contributed by atoms with Gasteiger partial charge in [0.2, 0.25) is 0 Å². The molecule has 0 radical (unpaired) electrons. The van der Waals surface area contributed by atoms with E-state index < -0.39 is 23.9 Å². The Balaban J connectivity index is 0.000000445. The average molecular weight is 416 g/mol. The second-order valence-corrected chi connectivity index (χ2v) is 5.30. The van der Waals surface area contributed by atoms with Crippen molar-refractivity contribution in [3.05, 3.63) is 58.6 Å². The first-order valence-corrected chi connectivity index (χ1v) is 7.36. The number of nitrogens with two attached hydrogens (primary N) is 1. The fraction of sp³-hybridized carbons (Fsp3) is 0.188. The maximum Gasteiger partial charge on any atom is 0.490 e. The van der Waals surface area contributed by atoms with Crippen LogP contribution in [-0.4, -0.2) is 17.3 Å². The molecule has 27 heavy (non-hydrogen) atoms. The molecule has 0 aliphatic heterocycles. The first-order chi connectivity index (χ1) is 12.3. The van der Waals surface area contributed by atoms with Crippen molar-refractivity contribution in [1.82, 2.24) is 0 Å². The minimum atomic E-state index is -5.08. The molecule has 0 amide bonds. The number of hydrogen-bond acceptors (Lipinski definition) is 3. The van der Waals surface area contributed by atoms with E-state index in [-0.39, 0.29) is 10.8 Å². The summed E-state index contributed by atoms with van der Waals surface area (Å²) in [6.45, 7) is 0.388. The zero-order chi connectivity index (χ0) is 20.8. The van der Waals surface area contributed by atoms with Crippen molar-refractivity contribution in [3.63, 3.8) is 0 Å². The molecule has 4 nitrogen and oxygen atoms in total. The van der Waals surface area contributed by atoms with Crippen LogP contribution >= 0.6 is 11.6 Å². The summed E-state index contributed by atoms with van der Waals surface area (Å²) < 4.78 is 75.2. The van der Waals surface area contributed by atoms with Gasteiger partial charge < -0.3 is 15.6 Å². The van der Waals surface area contributed by atoms with Crippen LogP contribution in [0.4, 0.5) is 26.3 Å². The maximum absolute atomic E-state index is 12.7. The summed E-state index contributed by atoms with van der Waals surface area (Å²) in [6, 6.07) is 10.2. The zero-order valence-electron chi connectivity index (χ0n) is 13.2. The number of halogens is 7. The molecule has 0 heterocycles. The number of hydrogen-bond donors (Lipinski definition) is 2. The van der Waals surface area contributed by atoms with E-state index in [9.17, 15) is 26.3 Å². The molecule has 2 rings (SSSR count). The topological polar surface area (TPSA) is 72.5 Å². The highest BCUT2D eigenvalue weighted by Gasteiger charge is 2.38. The summed E-state index contributed by atoms with van der Waals surface area (Å²) in [6.07, 6.45) is -9.60. The van der Waals surface area contributed by atoms with E-state index in [0.717, 1.165) is 17.7 Å². The molecule has 0 fully saturated rings. The van der Waals surface area contributed by atoms with Gasteiger partial charge in [-0.15, -0.1) is 0 Å². The van der Waals surface area contributed by atoms with Crippen LogP contribution in [-0.2, 0) is 17.5 Å². The molecule has 3 N–H and O–H groups in total. The van der Waals surface area contributed by atoms with Gasteiger partial charge in [0.05, 0.1) is 10.6 Å². The van der Waals surface area contributed by atoms with Crippen LogP contribution in [0, 0.1) is 0 Å². The number of alkyl halides is 6. The van der Waals surface area contributed by atoms with Crippen LogP contribution in [0.15, 0.2) is 42.5 Å². The number of aliphatic carboxylic acids is 1. The summed E-state index contributed by atoms with van der Waals surface area (Å²) >= 11 is 5.53. The Bertz CT molecular complexity index is 775. The van der Waals surface area contributed by atoms with Gasteiger partial charge in [0.25, 0.3) is 0 Å². The lowest BCUT2D eigenvalue weighted by atomic mass is 10.2. The van der Waals surface area contributed by atoms with Crippen molar-refractivity contribution in [3.8, 4) is 11.5 Å². The maximum atomic E-state index is 12.7. The summed E-state index contributed by atoms with van der Waals surface area (Å²) in [5.41, 5.74) is 5.44.